The molecule has 0 saturated carbocycles. The van der Waals surface area contributed by atoms with Crippen LogP contribution in [0.5, 0.6) is 0 Å². The first-order chi connectivity index (χ1) is 10.8. The average Bonchev–Trinajstić information content (AvgIpc) is 2.47. The molecule has 0 spiro atoms. The van der Waals surface area contributed by atoms with Crippen molar-refractivity contribution in [3.05, 3.63) is 40.5 Å². The van der Waals surface area contributed by atoms with Crippen molar-refractivity contribution in [2.24, 2.45) is 0 Å². The second-order valence-corrected chi connectivity index (χ2v) is 5.58. The van der Waals surface area contributed by atoms with Gasteiger partial charge in [0, 0.05) is 6.08 Å². The van der Waals surface area contributed by atoms with Crippen LogP contribution in [-0.4, -0.2) is 11.1 Å². The van der Waals surface area contributed by atoms with Gasteiger partial charge >= 0.3 is 12.1 Å². The molecule has 0 aliphatic carbocycles. The summed E-state index contributed by atoms with van der Waals surface area (Å²) in [6.45, 7) is 3.94. The first-order valence-corrected chi connectivity index (χ1v) is 7.93. The summed E-state index contributed by atoms with van der Waals surface area (Å²) >= 11 is 0. The quantitative estimate of drug-likeness (QED) is 0.641. The number of halogens is 3. The highest BCUT2D eigenvalue weighted by Gasteiger charge is 2.31. The molecule has 0 unspecified atom stereocenters. The molecule has 0 radical (unpaired) electrons. The van der Waals surface area contributed by atoms with Gasteiger partial charge in [0.05, 0.1) is 5.56 Å². The maximum Gasteiger partial charge on any atom is 0.416 e. The Morgan fingerprint density at radius 1 is 1.09 bits per heavy atom. The van der Waals surface area contributed by atoms with Gasteiger partial charge in [-0.15, -0.1) is 0 Å². The Hall–Kier alpha value is -1.78. The van der Waals surface area contributed by atoms with Crippen LogP contribution >= 0.6 is 0 Å². The highest BCUT2D eigenvalue weighted by atomic mass is 19.4. The van der Waals surface area contributed by atoms with Gasteiger partial charge in [0.15, 0.2) is 0 Å². The van der Waals surface area contributed by atoms with Crippen molar-refractivity contribution in [1.82, 2.24) is 0 Å². The highest BCUT2D eigenvalue weighted by molar-refractivity contribution is 5.86. The number of carbonyl (C=O) groups is 1. The summed E-state index contributed by atoms with van der Waals surface area (Å²) in [5.74, 6) is -1.10. The molecular formula is C18H23F3O2. The number of benzene rings is 1. The molecule has 0 aromatic heterocycles. The van der Waals surface area contributed by atoms with Crippen LogP contribution in [0.3, 0.4) is 0 Å². The van der Waals surface area contributed by atoms with E-state index in [1.54, 1.807) is 0 Å². The molecule has 0 aliphatic rings. The lowest BCUT2D eigenvalue weighted by Crippen LogP contribution is -2.09. The predicted molar refractivity (Wildman–Crippen MR) is 85.3 cm³/mol. The molecule has 0 bridgehead atoms. The maximum atomic E-state index is 13.1. The summed E-state index contributed by atoms with van der Waals surface area (Å²) in [6.07, 6.45) is 2.32. The van der Waals surface area contributed by atoms with Crippen molar-refractivity contribution >= 4 is 12.0 Å². The number of carboxylic acid groups (broad SMARTS) is 1. The fourth-order valence-electron chi connectivity index (χ4n) is 2.46. The molecule has 5 heteroatoms. The normalized spacial score (nSPS) is 12.0. The summed E-state index contributed by atoms with van der Waals surface area (Å²) in [6, 6.07) is 2.32. The van der Waals surface area contributed by atoms with Gasteiger partial charge in [-0.2, -0.15) is 13.2 Å². The number of alkyl halides is 3. The van der Waals surface area contributed by atoms with Crippen LogP contribution in [0.4, 0.5) is 13.2 Å². The van der Waals surface area contributed by atoms with Gasteiger partial charge in [0.1, 0.15) is 0 Å². The van der Waals surface area contributed by atoms with Crippen molar-refractivity contribution in [2.75, 3.05) is 0 Å². The van der Waals surface area contributed by atoms with Crippen LogP contribution in [0, 0.1) is 0 Å². The van der Waals surface area contributed by atoms with E-state index in [0.29, 0.717) is 29.5 Å². The summed E-state index contributed by atoms with van der Waals surface area (Å²) < 4.78 is 39.4. The fraction of sp³-hybridized carbons (Fsp3) is 0.500. The van der Waals surface area contributed by atoms with Crippen LogP contribution in [0.1, 0.15) is 61.8 Å². The molecule has 1 aromatic carbocycles. The highest BCUT2D eigenvalue weighted by Crippen LogP contribution is 2.34. The number of rotatable bonds is 8. The molecule has 0 saturated heterocycles. The minimum absolute atomic E-state index is 0.513. The van der Waals surface area contributed by atoms with Gasteiger partial charge in [-0.1, -0.05) is 26.7 Å². The maximum absolute atomic E-state index is 13.1. The van der Waals surface area contributed by atoms with Crippen molar-refractivity contribution in [3.63, 3.8) is 0 Å². The van der Waals surface area contributed by atoms with Crippen LogP contribution in [0.15, 0.2) is 18.2 Å². The number of hydrogen-bond acceptors (Lipinski definition) is 1. The van der Waals surface area contributed by atoms with Gasteiger partial charge in [-0.25, -0.2) is 4.79 Å². The molecule has 23 heavy (non-hydrogen) atoms. The molecule has 128 valence electrons. The van der Waals surface area contributed by atoms with Crippen molar-refractivity contribution in [3.8, 4) is 0 Å². The van der Waals surface area contributed by atoms with E-state index >= 15 is 0 Å². The summed E-state index contributed by atoms with van der Waals surface area (Å²) in [4.78, 5) is 10.8. The van der Waals surface area contributed by atoms with E-state index in [-0.39, 0.29) is 0 Å². The third kappa shape index (κ3) is 6.08. The average molecular weight is 328 g/mol. The lowest BCUT2D eigenvalue weighted by molar-refractivity contribution is -0.137. The van der Waals surface area contributed by atoms with Gasteiger partial charge in [0.25, 0.3) is 0 Å². The molecule has 0 amide bonds. The van der Waals surface area contributed by atoms with Crippen molar-refractivity contribution in [2.45, 2.75) is 58.5 Å². The molecule has 0 heterocycles. The number of aryl methyl sites for hydroxylation is 2. The lowest BCUT2D eigenvalue weighted by atomic mass is 9.91. The molecule has 1 rings (SSSR count). The largest absolute Gasteiger partial charge is 0.478 e. The minimum atomic E-state index is -4.39. The summed E-state index contributed by atoms with van der Waals surface area (Å²) in [5.41, 5.74) is 1.13. The third-order valence-corrected chi connectivity index (χ3v) is 3.67. The smallest absolute Gasteiger partial charge is 0.416 e. The minimum Gasteiger partial charge on any atom is -0.478 e. The SMILES string of the molecule is CCCCc1cc(C(F)(F)F)cc(CCCC)c1/C=C/C(=O)O. The Balaban J connectivity index is 3.41. The second-order valence-electron chi connectivity index (χ2n) is 5.58. The fourth-order valence-corrected chi connectivity index (χ4v) is 2.46. The Morgan fingerprint density at radius 3 is 1.91 bits per heavy atom. The van der Waals surface area contributed by atoms with E-state index in [1.165, 1.54) is 6.08 Å². The van der Waals surface area contributed by atoms with E-state index in [1.807, 2.05) is 13.8 Å². The molecule has 0 aliphatic heterocycles. The van der Waals surface area contributed by atoms with Crippen LogP contribution in [-0.2, 0) is 23.8 Å². The molecule has 1 aromatic rings. The van der Waals surface area contributed by atoms with E-state index < -0.39 is 17.7 Å². The third-order valence-electron chi connectivity index (χ3n) is 3.67. The second kappa shape index (κ2) is 8.75. The van der Waals surface area contributed by atoms with E-state index in [4.69, 9.17) is 5.11 Å². The Kier molecular flexibility index (Phi) is 7.33. The zero-order valence-electron chi connectivity index (χ0n) is 13.5. The zero-order valence-corrected chi connectivity index (χ0v) is 13.5. The Labute approximate surface area is 135 Å². The van der Waals surface area contributed by atoms with E-state index in [2.05, 4.69) is 0 Å². The number of unbranched alkanes of at least 4 members (excludes halogenated alkanes) is 2. The monoisotopic (exact) mass is 328 g/mol. The standard InChI is InChI=1S/C18H23F3O2/c1-3-5-7-13-11-15(18(19,20)21)12-14(8-6-4-2)16(13)9-10-17(22)23/h9-12H,3-8H2,1-2H3,(H,22,23)/b10-9+. The lowest BCUT2D eigenvalue weighted by Gasteiger charge is -2.16. The number of hydrogen-bond donors (Lipinski definition) is 1. The van der Waals surface area contributed by atoms with E-state index in [0.717, 1.165) is 43.9 Å². The van der Waals surface area contributed by atoms with Crippen molar-refractivity contribution in [1.29, 1.82) is 0 Å². The predicted octanol–water partition coefficient (Wildman–Crippen LogP) is 5.49. The van der Waals surface area contributed by atoms with Crippen LogP contribution < -0.4 is 0 Å². The van der Waals surface area contributed by atoms with E-state index in [9.17, 15) is 18.0 Å². The summed E-state index contributed by atoms with van der Waals surface area (Å²) in [5, 5.41) is 8.83. The van der Waals surface area contributed by atoms with Gasteiger partial charge in [-0.3, -0.25) is 0 Å². The van der Waals surface area contributed by atoms with Gasteiger partial charge in [0.2, 0.25) is 0 Å². The van der Waals surface area contributed by atoms with Gasteiger partial charge < -0.3 is 5.11 Å². The molecule has 2 nitrogen and oxygen atoms in total. The molecule has 0 atom stereocenters. The number of aliphatic carboxylic acids is 1. The topological polar surface area (TPSA) is 37.3 Å². The van der Waals surface area contributed by atoms with Gasteiger partial charge in [-0.05, 0) is 60.6 Å². The zero-order chi connectivity index (χ0) is 17.5. The Bertz CT molecular complexity index is 531. The first-order valence-electron chi connectivity index (χ1n) is 7.93. The molecular weight excluding hydrogens is 305 g/mol. The molecule has 0 fully saturated rings. The Morgan fingerprint density at radius 2 is 1.57 bits per heavy atom. The number of carboxylic acids is 1. The van der Waals surface area contributed by atoms with Crippen LogP contribution in [0.2, 0.25) is 0 Å². The van der Waals surface area contributed by atoms with Crippen LogP contribution in [0.25, 0.3) is 6.08 Å². The molecule has 1 N–H and O–H groups in total. The van der Waals surface area contributed by atoms with Crippen molar-refractivity contribution < 1.29 is 23.1 Å². The first kappa shape index (κ1) is 19.3. The summed E-state index contributed by atoms with van der Waals surface area (Å²) in [7, 11) is 0.